The number of nitrogens with zero attached hydrogens (tertiary/aromatic N) is 2. The van der Waals surface area contributed by atoms with Gasteiger partial charge in [0.2, 0.25) is 0 Å². The van der Waals surface area contributed by atoms with Gasteiger partial charge in [0.15, 0.2) is 5.69 Å². The normalized spacial score (nSPS) is 11.3. The van der Waals surface area contributed by atoms with Crippen LogP contribution < -0.4 is 0 Å². The Morgan fingerprint density at radius 3 is 1.93 bits per heavy atom. The smallest absolute Gasteiger partial charge is 0.187 e. The average molecular weight is 531 g/mol. The van der Waals surface area contributed by atoms with Crippen LogP contribution >= 0.6 is 0 Å². The van der Waals surface area contributed by atoms with Crippen molar-refractivity contribution in [2.45, 2.75) is 0 Å². The van der Waals surface area contributed by atoms with E-state index in [-0.39, 0.29) is 0 Å². The highest BCUT2D eigenvalue weighted by molar-refractivity contribution is 6.19. The molecule has 0 bridgehead atoms. The molecule has 0 unspecified atom stereocenters. The Bertz CT molecular complexity index is 2330. The van der Waals surface area contributed by atoms with Gasteiger partial charge in [-0.05, 0) is 114 Å². The first kappa shape index (κ1) is 23.9. The van der Waals surface area contributed by atoms with E-state index in [2.05, 4.69) is 108 Å². The maximum absolute atomic E-state index is 9.30. The van der Waals surface area contributed by atoms with Crippen molar-refractivity contribution in [2.75, 3.05) is 0 Å². The van der Waals surface area contributed by atoms with Crippen molar-refractivity contribution >= 4 is 27.2 Å². The zero-order valence-corrected chi connectivity index (χ0v) is 22.6. The molecule has 1 aliphatic carbocycles. The summed E-state index contributed by atoms with van der Waals surface area (Å²) in [7, 11) is 0. The summed E-state index contributed by atoms with van der Waals surface area (Å²) in [5.41, 5.74) is 13.1. The van der Waals surface area contributed by atoms with Crippen LogP contribution in [0.4, 0.5) is 5.69 Å². The lowest BCUT2D eigenvalue weighted by atomic mass is 9.92. The molecule has 0 saturated carbocycles. The molecule has 0 radical (unpaired) electrons. The molecular formula is C40H22N2. The largest absolute Gasteiger partial charge is 0.238 e. The second-order valence-electron chi connectivity index (χ2n) is 10.8. The van der Waals surface area contributed by atoms with Gasteiger partial charge in [0.05, 0.1) is 18.2 Å². The SMILES string of the molecule is [C-]#[N+]c1cccc(-c2ccc3c(c2)-c2cccc4c(-c5ccc6cc(-c7cccc(C#N)c7)ccc6c5)ccc-3c24)c1. The molecule has 2 nitrogen and oxygen atoms in total. The molecule has 0 amide bonds. The van der Waals surface area contributed by atoms with Crippen LogP contribution in [0.15, 0.2) is 133 Å². The third-order valence-electron chi connectivity index (χ3n) is 8.43. The van der Waals surface area contributed by atoms with E-state index < -0.39 is 0 Å². The summed E-state index contributed by atoms with van der Waals surface area (Å²) in [6.07, 6.45) is 0. The van der Waals surface area contributed by atoms with Crippen molar-refractivity contribution < 1.29 is 0 Å². The van der Waals surface area contributed by atoms with E-state index in [1.807, 2.05) is 36.4 Å². The van der Waals surface area contributed by atoms with Gasteiger partial charge in [-0.25, -0.2) is 4.85 Å². The molecular weight excluding hydrogens is 508 g/mol. The lowest BCUT2D eigenvalue weighted by Gasteiger charge is -2.11. The summed E-state index contributed by atoms with van der Waals surface area (Å²) in [6, 6.07) is 48.8. The van der Waals surface area contributed by atoms with Crippen molar-refractivity contribution in [2.24, 2.45) is 0 Å². The van der Waals surface area contributed by atoms with E-state index in [1.54, 1.807) is 0 Å². The zero-order valence-electron chi connectivity index (χ0n) is 22.6. The minimum Gasteiger partial charge on any atom is -0.238 e. The third-order valence-corrected chi connectivity index (χ3v) is 8.43. The van der Waals surface area contributed by atoms with E-state index in [9.17, 15) is 5.26 Å². The molecule has 7 aromatic carbocycles. The minimum absolute atomic E-state index is 0.655. The first-order chi connectivity index (χ1) is 20.7. The van der Waals surface area contributed by atoms with E-state index in [0.29, 0.717) is 11.3 Å². The van der Waals surface area contributed by atoms with Gasteiger partial charge in [0.25, 0.3) is 0 Å². The van der Waals surface area contributed by atoms with Gasteiger partial charge in [-0.15, -0.1) is 0 Å². The predicted octanol–water partition coefficient (Wildman–Crippen LogP) is 11.1. The summed E-state index contributed by atoms with van der Waals surface area (Å²) in [5.74, 6) is 0. The molecule has 0 spiro atoms. The second kappa shape index (κ2) is 9.31. The number of fused-ring (bicyclic) bond motifs is 4. The number of nitriles is 1. The Morgan fingerprint density at radius 1 is 0.476 bits per heavy atom. The van der Waals surface area contributed by atoms with Crippen molar-refractivity contribution in [1.29, 1.82) is 5.26 Å². The van der Waals surface area contributed by atoms with Crippen LogP contribution in [0.1, 0.15) is 5.56 Å². The van der Waals surface area contributed by atoms with Crippen LogP contribution in [-0.2, 0) is 0 Å². The minimum atomic E-state index is 0.655. The first-order valence-corrected chi connectivity index (χ1v) is 13.9. The first-order valence-electron chi connectivity index (χ1n) is 13.9. The maximum atomic E-state index is 9.30. The van der Waals surface area contributed by atoms with E-state index in [0.717, 1.165) is 22.3 Å². The Morgan fingerprint density at radius 2 is 1.10 bits per heavy atom. The van der Waals surface area contributed by atoms with Crippen LogP contribution in [0.25, 0.3) is 82.0 Å². The van der Waals surface area contributed by atoms with Gasteiger partial charge >= 0.3 is 0 Å². The Balaban J connectivity index is 1.22. The monoisotopic (exact) mass is 530 g/mol. The van der Waals surface area contributed by atoms with Crippen LogP contribution in [0.5, 0.6) is 0 Å². The fourth-order valence-electron chi connectivity index (χ4n) is 6.41. The van der Waals surface area contributed by atoms with Crippen LogP contribution in [0.3, 0.4) is 0 Å². The topological polar surface area (TPSA) is 28.1 Å². The molecule has 0 saturated heterocycles. The average Bonchev–Trinajstić information content (AvgIpc) is 3.38. The fourth-order valence-corrected chi connectivity index (χ4v) is 6.41. The third kappa shape index (κ3) is 3.71. The molecule has 0 atom stereocenters. The molecule has 7 aromatic rings. The standard InChI is InChI=1S/C40H22N2/c1-42-33-8-3-7-27(22-33)31-15-16-35-38-18-17-34(36-9-4-10-37(40(36)38)39(35)23-31)32-14-13-29-20-28(11-12-30(29)21-32)26-6-2-5-25(19-26)24-41/h2-23H. The molecule has 1 aliphatic rings. The Kier molecular flexibility index (Phi) is 5.29. The van der Waals surface area contributed by atoms with Crippen molar-refractivity contribution in [3.05, 3.63) is 150 Å². The van der Waals surface area contributed by atoms with Gasteiger partial charge in [-0.3, -0.25) is 0 Å². The summed E-state index contributed by atoms with van der Waals surface area (Å²) in [5, 5.41) is 14.2. The number of hydrogen-bond donors (Lipinski definition) is 0. The van der Waals surface area contributed by atoms with Gasteiger partial charge in [-0.1, -0.05) is 97.1 Å². The molecule has 0 heterocycles. The highest BCUT2D eigenvalue weighted by Crippen LogP contribution is 2.50. The Labute approximate surface area is 244 Å². The lowest BCUT2D eigenvalue weighted by Crippen LogP contribution is -1.85. The van der Waals surface area contributed by atoms with E-state index in [1.165, 1.54) is 54.9 Å². The molecule has 8 rings (SSSR count). The van der Waals surface area contributed by atoms with Crippen molar-refractivity contribution in [1.82, 2.24) is 0 Å². The van der Waals surface area contributed by atoms with E-state index >= 15 is 0 Å². The number of hydrogen-bond acceptors (Lipinski definition) is 1. The highest BCUT2D eigenvalue weighted by atomic mass is 14.6. The van der Waals surface area contributed by atoms with Crippen molar-refractivity contribution in [3.8, 4) is 61.7 Å². The zero-order chi connectivity index (χ0) is 28.2. The molecule has 0 aliphatic heterocycles. The lowest BCUT2D eigenvalue weighted by molar-refractivity contribution is 1.48. The summed E-state index contributed by atoms with van der Waals surface area (Å²) >= 11 is 0. The molecule has 42 heavy (non-hydrogen) atoms. The Hall–Kier alpha value is -5.96. The highest BCUT2D eigenvalue weighted by Gasteiger charge is 2.23. The fraction of sp³-hybridized carbons (Fsp3) is 0. The van der Waals surface area contributed by atoms with Gasteiger partial charge < -0.3 is 0 Å². The molecule has 2 heteroatoms. The van der Waals surface area contributed by atoms with Crippen LogP contribution in [0.2, 0.25) is 0 Å². The van der Waals surface area contributed by atoms with E-state index in [4.69, 9.17) is 6.57 Å². The molecule has 192 valence electrons. The second-order valence-corrected chi connectivity index (χ2v) is 10.8. The number of benzene rings is 7. The molecule has 0 N–H and O–H groups in total. The van der Waals surface area contributed by atoms with Crippen LogP contribution in [-0.4, -0.2) is 0 Å². The van der Waals surface area contributed by atoms with Gasteiger partial charge in [0.1, 0.15) is 0 Å². The molecule has 0 aromatic heterocycles. The summed E-state index contributed by atoms with van der Waals surface area (Å²) in [4.78, 5) is 3.61. The maximum Gasteiger partial charge on any atom is 0.187 e. The van der Waals surface area contributed by atoms with Gasteiger partial charge in [0, 0.05) is 0 Å². The van der Waals surface area contributed by atoms with Gasteiger partial charge in [-0.2, -0.15) is 5.26 Å². The molecule has 0 fully saturated rings. The quantitative estimate of drug-likeness (QED) is 0.209. The summed E-state index contributed by atoms with van der Waals surface area (Å²) in [6.45, 7) is 7.40. The van der Waals surface area contributed by atoms with Crippen molar-refractivity contribution in [3.63, 3.8) is 0 Å². The van der Waals surface area contributed by atoms with Crippen LogP contribution in [0, 0.1) is 17.9 Å². The summed E-state index contributed by atoms with van der Waals surface area (Å²) < 4.78 is 0. The predicted molar refractivity (Wildman–Crippen MR) is 173 cm³/mol. The number of rotatable bonds is 3.